The molecule has 1 atom stereocenters. The van der Waals surface area contributed by atoms with Crippen LogP contribution in [0.5, 0.6) is 0 Å². The second-order valence-corrected chi connectivity index (χ2v) is 5.62. The Balaban J connectivity index is 0. The molecule has 4 nitrogen and oxygen atoms in total. The molecule has 0 saturated carbocycles. The minimum Gasteiger partial charge on any atom is -0.466 e. The number of hydrogen-bond donors (Lipinski definition) is 0. The third-order valence-electron chi connectivity index (χ3n) is 3.59. The van der Waals surface area contributed by atoms with E-state index in [9.17, 15) is 9.59 Å². The summed E-state index contributed by atoms with van der Waals surface area (Å²) < 4.78 is 9.95. The molecular formula is C18H36O4. The molecule has 0 radical (unpaired) electrons. The van der Waals surface area contributed by atoms with Gasteiger partial charge in [-0.05, 0) is 25.2 Å². The molecule has 0 aliphatic carbocycles. The molecule has 0 aromatic heterocycles. The standard InChI is InChI=1S/C10H20O2.C8H16O2/c1-4-6-7-8-10(5-2)12-9(3)11;1-4-8(5-2)6-10-7(3)9/h10H,4-8H2,1-3H3;8H,4-6H2,1-3H3. The molecule has 0 aromatic carbocycles. The lowest BCUT2D eigenvalue weighted by Gasteiger charge is -2.14. The minimum absolute atomic E-state index is 0.147. The largest absolute Gasteiger partial charge is 0.466 e. The average molecular weight is 316 g/mol. The molecule has 22 heavy (non-hydrogen) atoms. The van der Waals surface area contributed by atoms with Gasteiger partial charge in [0.15, 0.2) is 0 Å². The molecule has 0 bridgehead atoms. The first kappa shape index (κ1) is 23.2. The molecular weight excluding hydrogens is 280 g/mol. The van der Waals surface area contributed by atoms with Gasteiger partial charge in [-0.25, -0.2) is 0 Å². The normalized spacial score (nSPS) is 11.4. The molecule has 4 heteroatoms. The molecule has 1 unspecified atom stereocenters. The fourth-order valence-corrected chi connectivity index (χ4v) is 1.96. The van der Waals surface area contributed by atoms with E-state index in [-0.39, 0.29) is 18.0 Å². The van der Waals surface area contributed by atoms with E-state index in [1.54, 1.807) is 0 Å². The van der Waals surface area contributed by atoms with Crippen molar-refractivity contribution in [1.82, 2.24) is 0 Å². The van der Waals surface area contributed by atoms with Gasteiger partial charge in [0.25, 0.3) is 0 Å². The van der Waals surface area contributed by atoms with Crippen molar-refractivity contribution in [3.8, 4) is 0 Å². The summed E-state index contributed by atoms with van der Waals surface area (Å²) >= 11 is 0. The highest BCUT2D eigenvalue weighted by atomic mass is 16.5. The Morgan fingerprint density at radius 2 is 1.45 bits per heavy atom. The van der Waals surface area contributed by atoms with Gasteiger partial charge in [0.2, 0.25) is 0 Å². The summed E-state index contributed by atoms with van der Waals surface area (Å²) in [7, 11) is 0. The predicted octanol–water partition coefficient (Wildman–Crippen LogP) is 4.89. The van der Waals surface area contributed by atoms with Crippen LogP contribution in [0.2, 0.25) is 0 Å². The summed E-state index contributed by atoms with van der Waals surface area (Å²) in [5, 5.41) is 0. The van der Waals surface area contributed by atoms with Crippen molar-refractivity contribution in [3.63, 3.8) is 0 Å². The van der Waals surface area contributed by atoms with Gasteiger partial charge in [0.05, 0.1) is 6.61 Å². The van der Waals surface area contributed by atoms with Gasteiger partial charge in [-0.1, -0.05) is 53.4 Å². The van der Waals surface area contributed by atoms with Crippen LogP contribution in [-0.4, -0.2) is 24.6 Å². The summed E-state index contributed by atoms with van der Waals surface area (Å²) in [5.74, 6) is 0.217. The van der Waals surface area contributed by atoms with Gasteiger partial charge in [0.1, 0.15) is 6.10 Å². The summed E-state index contributed by atoms with van der Waals surface area (Å²) in [6.45, 7) is 12.0. The highest BCUT2D eigenvalue weighted by Gasteiger charge is 2.08. The van der Waals surface area contributed by atoms with Crippen LogP contribution < -0.4 is 0 Å². The summed E-state index contributed by atoms with van der Waals surface area (Å²) in [6, 6.07) is 0. The van der Waals surface area contributed by atoms with E-state index in [0.717, 1.165) is 25.7 Å². The SMILES string of the molecule is CCC(CC)COC(C)=O.CCCCCC(CC)OC(C)=O. The van der Waals surface area contributed by atoms with Crippen LogP contribution in [0.15, 0.2) is 0 Å². The Bertz CT molecular complexity index is 272. The lowest BCUT2D eigenvalue weighted by molar-refractivity contribution is -0.147. The van der Waals surface area contributed by atoms with Crippen molar-refractivity contribution in [2.45, 2.75) is 92.6 Å². The Morgan fingerprint density at radius 1 is 0.864 bits per heavy atom. The molecule has 0 amide bonds. The van der Waals surface area contributed by atoms with Gasteiger partial charge in [-0.15, -0.1) is 0 Å². The summed E-state index contributed by atoms with van der Waals surface area (Å²) in [5.41, 5.74) is 0. The molecule has 0 aliphatic rings. The van der Waals surface area contributed by atoms with Crippen LogP contribution in [-0.2, 0) is 19.1 Å². The van der Waals surface area contributed by atoms with Crippen LogP contribution in [0.3, 0.4) is 0 Å². The van der Waals surface area contributed by atoms with Crippen molar-refractivity contribution in [2.75, 3.05) is 6.61 Å². The lowest BCUT2D eigenvalue weighted by Crippen LogP contribution is -2.14. The monoisotopic (exact) mass is 316 g/mol. The van der Waals surface area contributed by atoms with Crippen LogP contribution in [0.4, 0.5) is 0 Å². The van der Waals surface area contributed by atoms with Crippen molar-refractivity contribution in [1.29, 1.82) is 0 Å². The molecule has 0 N–H and O–H groups in total. The Morgan fingerprint density at radius 3 is 1.82 bits per heavy atom. The molecule has 0 fully saturated rings. The molecule has 0 heterocycles. The van der Waals surface area contributed by atoms with Crippen LogP contribution in [0.25, 0.3) is 0 Å². The fourth-order valence-electron chi connectivity index (χ4n) is 1.96. The number of carbonyl (C=O) groups is 2. The number of esters is 2. The zero-order chi connectivity index (χ0) is 17.4. The third kappa shape index (κ3) is 17.0. The van der Waals surface area contributed by atoms with Crippen molar-refractivity contribution in [2.24, 2.45) is 5.92 Å². The molecule has 0 rings (SSSR count). The highest BCUT2D eigenvalue weighted by molar-refractivity contribution is 5.66. The van der Waals surface area contributed by atoms with E-state index in [1.165, 1.54) is 33.1 Å². The van der Waals surface area contributed by atoms with Crippen LogP contribution in [0.1, 0.15) is 86.5 Å². The summed E-state index contributed by atoms with van der Waals surface area (Å²) in [4.78, 5) is 21.0. The van der Waals surface area contributed by atoms with Crippen LogP contribution >= 0.6 is 0 Å². The van der Waals surface area contributed by atoms with E-state index in [1.807, 2.05) is 0 Å². The Labute approximate surface area is 136 Å². The molecule has 0 spiro atoms. The van der Waals surface area contributed by atoms with Gasteiger partial charge >= 0.3 is 11.9 Å². The first-order chi connectivity index (χ1) is 10.4. The number of hydrogen-bond acceptors (Lipinski definition) is 4. The minimum atomic E-state index is -0.174. The molecule has 0 aromatic rings. The Kier molecular flexibility index (Phi) is 17.2. The second kappa shape index (κ2) is 16.3. The zero-order valence-electron chi connectivity index (χ0n) is 15.4. The van der Waals surface area contributed by atoms with E-state index in [0.29, 0.717) is 12.5 Å². The molecule has 132 valence electrons. The predicted molar refractivity (Wildman–Crippen MR) is 90.7 cm³/mol. The van der Waals surface area contributed by atoms with Crippen LogP contribution in [0, 0.1) is 5.92 Å². The molecule has 0 aliphatic heterocycles. The van der Waals surface area contributed by atoms with Gasteiger partial charge in [-0.2, -0.15) is 0 Å². The topological polar surface area (TPSA) is 52.6 Å². The number of rotatable bonds is 10. The summed E-state index contributed by atoms with van der Waals surface area (Å²) in [6.07, 6.45) is 7.89. The number of unbranched alkanes of at least 4 members (excludes halogenated alkanes) is 2. The van der Waals surface area contributed by atoms with E-state index in [2.05, 4.69) is 27.7 Å². The van der Waals surface area contributed by atoms with Crippen molar-refractivity contribution >= 4 is 11.9 Å². The van der Waals surface area contributed by atoms with E-state index < -0.39 is 0 Å². The van der Waals surface area contributed by atoms with Gasteiger partial charge in [0, 0.05) is 13.8 Å². The number of ether oxygens (including phenoxy) is 2. The van der Waals surface area contributed by atoms with Crippen molar-refractivity contribution in [3.05, 3.63) is 0 Å². The maximum atomic E-state index is 10.6. The smallest absolute Gasteiger partial charge is 0.302 e. The lowest BCUT2D eigenvalue weighted by atomic mass is 10.1. The van der Waals surface area contributed by atoms with E-state index >= 15 is 0 Å². The maximum absolute atomic E-state index is 10.6. The highest BCUT2D eigenvalue weighted by Crippen LogP contribution is 2.10. The first-order valence-corrected chi connectivity index (χ1v) is 8.71. The third-order valence-corrected chi connectivity index (χ3v) is 3.59. The first-order valence-electron chi connectivity index (χ1n) is 8.71. The zero-order valence-corrected chi connectivity index (χ0v) is 15.4. The Hall–Kier alpha value is -1.06. The average Bonchev–Trinajstić information content (AvgIpc) is 2.47. The fraction of sp³-hybridized carbons (Fsp3) is 0.889. The quantitative estimate of drug-likeness (QED) is 0.425. The van der Waals surface area contributed by atoms with Gasteiger partial charge in [-0.3, -0.25) is 9.59 Å². The molecule has 0 saturated heterocycles. The van der Waals surface area contributed by atoms with Crippen molar-refractivity contribution < 1.29 is 19.1 Å². The maximum Gasteiger partial charge on any atom is 0.302 e. The number of carbonyl (C=O) groups excluding carboxylic acids is 2. The van der Waals surface area contributed by atoms with E-state index in [4.69, 9.17) is 9.47 Å². The van der Waals surface area contributed by atoms with Gasteiger partial charge < -0.3 is 9.47 Å². The second-order valence-electron chi connectivity index (χ2n) is 5.62.